The third-order valence-corrected chi connectivity index (χ3v) is 5.31. The molecule has 0 fully saturated rings. The van der Waals surface area contributed by atoms with Crippen LogP contribution in [0.15, 0.2) is 36.4 Å². The largest absolute Gasteiger partial charge is 0.465 e. The van der Waals surface area contributed by atoms with Crippen molar-refractivity contribution in [2.45, 2.75) is 24.0 Å². The van der Waals surface area contributed by atoms with E-state index in [0.29, 0.717) is 22.9 Å². The highest BCUT2D eigenvalue weighted by atomic mass is 79.9. The molecular formula is C20H20Br2O4. The molecule has 0 atom stereocenters. The van der Waals surface area contributed by atoms with E-state index in [0.717, 1.165) is 27.6 Å². The van der Waals surface area contributed by atoms with Crippen molar-refractivity contribution in [2.24, 2.45) is 0 Å². The molecule has 4 nitrogen and oxygen atoms in total. The molecule has 0 bridgehead atoms. The number of halogens is 2. The smallest absolute Gasteiger partial charge is 0.338 e. The van der Waals surface area contributed by atoms with Crippen LogP contribution < -0.4 is 0 Å². The van der Waals surface area contributed by atoms with Crippen molar-refractivity contribution in [1.29, 1.82) is 0 Å². The summed E-state index contributed by atoms with van der Waals surface area (Å²) in [5, 5.41) is 1.41. The molecule has 0 unspecified atom stereocenters. The fourth-order valence-corrected chi connectivity index (χ4v) is 3.60. The highest BCUT2D eigenvalue weighted by Crippen LogP contribution is 2.19. The SMILES string of the molecule is COC(=O)c1ccc(C)c(CCOC(=O)c2ccc(CBr)c(CBr)c2)c1. The zero-order valence-corrected chi connectivity index (χ0v) is 17.9. The molecule has 0 aliphatic rings. The monoisotopic (exact) mass is 482 g/mol. The molecule has 0 saturated heterocycles. The number of esters is 2. The van der Waals surface area contributed by atoms with E-state index in [1.165, 1.54) is 7.11 Å². The Morgan fingerprint density at radius 3 is 2.15 bits per heavy atom. The minimum absolute atomic E-state index is 0.244. The fourth-order valence-electron chi connectivity index (χ4n) is 2.53. The Morgan fingerprint density at radius 2 is 1.50 bits per heavy atom. The number of aryl methyl sites for hydroxylation is 1. The van der Waals surface area contributed by atoms with Crippen molar-refractivity contribution in [3.63, 3.8) is 0 Å². The van der Waals surface area contributed by atoms with Gasteiger partial charge in [0, 0.05) is 17.1 Å². The van der Waals surface area contributed by atoms with Crippen LogP contribution in [0.1, 0.15) is 43.0 Å². The Bertz CT molecular complexity index is 802. The van der Waals surface area contributed by atoms with Crippen LogP contribution in [0.4, 0.5) is 0 Å². The Kier molecular flexibility index (Phi) is 7.85. The number of hydrogen-bond donors (Lipinski definition) is 0. The number of hydrogen-bond acceptors (Lipinski definition) is 4. The van der Waals surface area contributed by atoms with Crippen LogP contribution in [0.5, 0.6) is 0 Å². The standard InChI is InChI=1S/C20H20Br2O4/c1-13-3-4-15(19(23)25-2)9-14(13)7-8-26-20(24)16-5-6-17(11-21)18(10-16)12-22/h3-6,9-10H,7-8,11-12H2,1-2H3. The highest BCUT2D eigenvalue weighted by Gasteiger charge is 2.12. The summed E-state index contributed by atoms with van der Waals surface area (Å²) in [6, 6.07) is 10.9. The van der Waals surface area contributed by atoms with Crippen molar-refractivity contribution >= 4 is 43.8 Å². The molecule has 0 N–H and O–H groups in total. The number of ether oxygens (including phenoxy) is 2. The molecule has 0 heterocycles. The molecule has 138 valence electrons. The van der Waals surface area contributed by atoms with Gasteiger partial charge in [-0.2, -0.15) is 0 Å². The fraction of sp³-hybridized carbons (Fsp3) is 0.300. The van der Waals surface area contributed by atoms with Gasteiger partial charge in [-0.1, -0.05) is 44.0 Å². The zero-order chi connectivity index (χ0) is 19.1. The van der Waals surface area contributed by atoms with Gasteiger partial charge in [-0.15, -0.1) is 0 Å². The van der Waals surface area contributed by atoms with Crippen molar-refractivity contribution in [2.75, 3.05) is 13.7 Å². The summed E-state index contributed by atoms with van der Waals surface area (Å²) in [6.07, 6.45) is 0.535. The van der Waals surface area contributed by atoms with Crippen LogP contribution in [0.3, 0.4) is 0 Å². The Morgan fingerprint density at radius 1 is 0.885 bits per heavy atom. The molecule has 26 heavy (non-hydrogen) atoms. The van der Waals surface area contributed by atoms with Gasteiger partial charge in [-0.25, -0.2) is 9.59 Å². The lowest BCUT2D eigenvalue weighted by Crippen LogP contribution is -2.10. The van der Waals surface area contributed by atoms with Gasteiger partial charge in [0.05, 0.1) is 24.8 Å². The zero-order valence-electron chi connectivity index (χ0n) is 14.7. The number of carbonyl (C=O) groups excluding carboxylic acids is 2. The Hall–Kier alpha value is -1.66. The Balaban J connectivity index is 2.01. The third-order valence-electron chi connectivity index (χ3n) is 4.10. The van der Waals surface area contributed by atoms with Gasteiger partial charge in [0.25, 0.3) is 0 Å². The first-order valence-electron chi connectivity index (χ1n) is 8.08. The molecular weight excluding hydrogens is 464 g/mol. The summed E-state index contributed by atoms with van der Waals surface area (Å²) in [5.41, 5.74) is 5.20. The van der Waals surface area contributed by atoms with E-state index in [-0.39, 0.29) is 18.5 Å². The lowest BCUT2D eigenvalue weighted by atomic mass is 10.0. The summed E-state index contributed by atoms with van der Waals surface area (Å²) in [6.45, 7) is 2.20. The second kappa shape index (κ2) is 9.88. The predicted octanol–water partition coefficient (Wildman–Crippen LogP) is 4.97. The maximum absolute atomic E-state index is 12.3. The molecule has 2 rings (SSSR count). The lowest BCUT2D eigenvalue weighted by molar-refractivity contribution is 0.0507. The van der Waals surface area contributed by atoms with Crippen molar-refractivity contribution in [1.82, 2.24) is 0 Å². The number of carbonyl (C=O) groups is 2. The van der Waals surface area contributed by atoms with Gasteiger partial charge < -0.3 is 9.47 Å². The molecule has 2 aromatic carbocycles. The predicted molar refractivity (Wildman–Crippen MR) is 108 cm³/mol. The average molecular weight is 484 g/mol. The van der Waals surface area contributed by atoms with Gasteiger partial charge in [0.15, 0.2) is 0 Å². The van der Waals surface area contributed by atoms with Gasteiger partial charge in [0.2, 0.25) is 0 Å². The van der Waals surface area contributed by atoms with Crippen molar-refractivity contribution < 1.29 is 19.1 Å². The van der Waals surface area contributed by atoms with Crippen LogP contribution in [-0.4, -0.2) is 25.7 Å². The van der Waals surface area contributed by atoms with E-state index in [2.05, 4.69) is 31.9 Å². The summed E-state index contributed by atoms with van der Waals surface area (Å²) in [4.78, 5) is 23.9. The first-order chi connectivity index (χ1) is 12.5. The summed E-state index contributed by atoms with van der Waals surface area (Å²) in [5.74, 6) is -0.729. The second-order valence-electron chi connectivity index (χ2n) is 5.77. The van der Waals surface area contributed by atoms with Gasteiger partial charge in [-0.05, 0) is 53.4 Å². The van der Waals surface area contributed by atoms with E-state index >= 15 is 0 Å². The van der Waals surface area contributed by atoms with Gasteiger partial charge in [0.1, 0.15) is 0 Å². The molecule has 6 heteroatoms. The van der Waals surface area contributed by atoms with E-state index in [1.54, 1.807) is 18.2 Å². The van der Waals surface area contributed by atoms with Crippen LogP contribution in [0.25, 0.3) is 0 Å². The highest BCUT2D eigenvalue weighted by molar-refractivity contribution is 9.09. The van der Waals surface area contributed by atoms with Crippen LogP contribution in [-0.2, 0) is 26.6 Å². The maximum Gasteiger partial charge on any atom is 0.338 e. The number of benzene rings is 2. The number of rotatable bonds is 7. The number of alkyl halides is 2. The average Bonchev–Trinajstić information content (AvgIpc) is 2.67. The second-order valence-corrected chi connectivity index (χ2v) is 6.89. The number of methoxy groups -OCH3 is 1. The van der Waals surface area contributed by atoms with Crippen LogP contribution in [0, 0.1) is 6.92 Å². The van der Waals surface area contributed by atoms with Crippen molar-refractivity contribution in [3.8, 4) is 0 Å². The van der Waals surface area contributed by atoms with Gasteiger partial charge in [-0.3, -0.25) is 0 Å². The van der Waals surface area contributed by atoms with E-state index in [9.17, 15) is 9.59 Å². The Labute approximate surface area is 170 Å². The molecule has 0 saturated carbocycles. The molecule has 0 aromatic heterocycles. The maximum atomic E-state index is 12.3. The van der Waals surface area contributed by atoms with E-state index in [4.69, 9.17) is 9.47 Å². The lowest BCUT2D eigenvalue weighted by Gasteiger charge is -2.10. The van der Waals surface area contributed by atoms with Crippen LogP contribution in [0.2, 0.25) is 0 Å². The molecule has 0 aliphatic carbocycles. The molecule has 0 amide bonds. The van der Waals surface area contributed by atoms with Crippen LogP contribution >= 0.6 is 31.9 Å². The molecule has 2 aromatic rings. The molecule has 0 spiro atoms. The topological polar surface area (TPSA) is 52.6 Å². The first kappa shape index (κ1) is 20.6. The minimum atomic E-state index is -0.377. The van der Waals surface area contributed by atoms with E-state index in [1.807, 2.05) is 25.1 Å². The molecule has 0 aliphatic heterocycles. The quantitative estimate of drug-likeness (QED) is 0.412. The first-order valence-corrected chi connectivity index (χ1v) is 10.3. The van der Waals surface area contributed by atoms with E-state index < -0.39 is 0 Å². The summed E-state index contributed by atoms with van der Waals surface area (Å²) in [7, 11) is 1.35. The minimum Gasteiger partial charge on any atom is -0.465 e. The summed E-state index contributed by atoms with van der Waals surface area (Å²) >= 11 is 6.87. The normalized spacial score (nSPS) is 10.5. The molecule has 0 radical (unpaired) electrons. The van der Waals surface area contributed by atoms with Crippen molar-refractivity contribution in [3.05, 3.63) is 69.8 Å². The third kappa shape index (κ3) is 5.17. The summed E-state index contributed by atoms with van der Waals surface area (Å²) < 4.78 is 10.1. The van der Waals surface area contributed by atoms with Gasteiger partial charge >= 0.3 is 11.9 Å².